The van der Waals surface area contributed by atoms with Crippen LogP contribution in [0.15, 0.2) is 36.4 Å². The molecule has 4 atom stereocenters. The second kappa shape index (κ2) is 4.43. The Hall–Kier alpha value is -2.14. The fourth-order valence-corrected chi connectivity index (χ4v) is 4.06. The molecule has 3 aliphatic heterocycles. The van der Waals surface area contributed by atoms with Crippen molar-refractivity contribution in [2.24, 2.45) is 11.8 Å². The molecule has 4 rings (SSSR count). The van der Waals surface area contributed by atoms with Crippen LogP contribution in [0.4, 0.5) is 5.69 Å². The van der Waals surface area contributed by atoms with Crippen molar-refractivity contribution >= 4 is 17.6 Å². The zero-order valence-corrected chi connectivity index (χ0v) is 12.2. The Balaban J connectivity index is 1.77. The van der Waals surface area contributed by atoms with Gasteiger partial charge in [-0.15, -0.1) is 0 Å². The number of aryl methyl sites for hydroxylation is 1. The smallest absolute Gasteiger partial charge is 0.310 e. The minimum atomic E-state index is -0.958. The topological polar surface area (TPSA) is 66.8 Å². The lowest BCUT2D eigenvalue weighted by Crippen LogP contribution is -2.39. The summed E-state index contributed by atoms with van der Waals surface area (Å²) in [5.74, 6) is -2.50. The molecule has 2 unspecified atom stereocenters. The van der Waals surface area contributed by atoms with Crippen molar-refractivity contribution < 1.29 is 19.4 Å². The van der Waals surface area contributed by atoms with E-state index in [-0.39, 0.29) is 5.91 Å². The number of carbonyl (C=O) groups is 2. The molecule has 2 fully saturated rings. The van der Waals surface area contributed by atoms with Gasteiger partial charge in [0.2, 0.25) is 5.91 Å². The first-order chi connectivity index (χ1) is 10.6. The zero-order chi connectivity index (χ0) is 15.5. The molecule has 1 aromatic carbocycles. The Morgan fingerprint density at radius 1 is 1.45 bits per heavy atom. The van der Waals surface area contributed by atoms with Crippen LogP contribution in [0.1, 0.15) is 12.5 Å². The van der Waals surface area contributed by atoms with Gasteiger partial charge in [-0.1, -0.05) is 37.3 Å². The molecule has 2 bridgehead atoms. The van der Waals surface area contributed by atoms with Gasteiger partial charge in [0.25, 0.3) is 0 Å². The lowest BCUT2D eigenvalue weighted by Gasteiger charge is -2.23. The summed E-state index contributed by atoms with van der Waals surface area (Å²) in [5.41, 5.74) is 1.17. The third kappa shape index (κ3) is 1.57. The number of benzene rings is 1. The summed E-state index contributed by atoms with van der Waals surface area (Å²) in [6, 6.07) is 7.76. The maximum atomic E-state index is 12.9. The van der Waals surface area contributed by atoms with Gasteiger partial charge in [-0.3, -0.25) is 9.59 Å². The van der Waals surface area contributed by atoms with Crippen molar-refractivity contribution in [2.75, 3.05) is 11.4 Å². The third-order valence-corrected chi connectivity index (χ3v) is 5.05. The van der Waals surface area contributed by atoms with Crippen molar-refractivity contribution in [1.29, 1.82) is 0 Å². The van der Waals surface area contributed by atoms with Crippen LogP contribution in [0.5, 0.6) is 0 Å². The molecule has 0 saturated carbocycles. The molecule has 114 valence electrons. The maximum Gasteiger partial charge on any atom is 0.310 e. The van der Waals surface area contributed by atoms with Crippen LogP contribution >= 0.6 is 0 Å². The molecule has 1 spiro atoms. The van der Waals surface area contributed by atoms with E-state index in [9.17, 15) is 14.7 Å². The number of rotatable bonds is 3. The van der Waals surface area contributed by atoms with Crippen molar-refractivity contribution in [1.82, 2.24) is 0 Å². The predicted octanol–water partition coefficient (Wildman–Crippen LogP) is 1.62. The first-order valence-electron chi connectivity index (χ1n) is 7.56. The van der Waals surface area contributed by atoms with E-state index in [4.69, 9.17) is 4.74 Å². The first-order valence-corrected chi connectivity index (χ1v) is 7.56. The summed E-state index contributed by atoms with van der Waals surface area (Å²) >= 11 is 0. The Kier molecular flexibility index (Phi) is 2.72. The lowest BCUT2D eigenvalue weighted by atomic mass is 9.77. The minimum absolute atomic E-state index is 0.139. The number of aliphatic carboxylic acids is 1. The molecular weight excluding hydrogens is 282 g/mol. The molecule has 5 heteroatoms. The van der Waals surface area contributed by atoms with E-state index in [2.05, 4.69) is 0 Å². The molecule has 1 amide bonds. The third-order valence-electron chi connectivity index (χ3n) is 5.05. The number of amides is 1. The Bertz CT molecular complexity index is 698. The van der Waals surface area contributed by atoms with Crippen molar-refractivity contribution in [3.63, 3.8) is 0 Å². The quantitative estimate of drug-likeness (QED) is 0.861. The summed E-state index contributed by atoms with van der Waals surface area (Å²) in [7, 11) is 0. The van der Waals surface area contributed by atoms with Crippen LogP contribution in [0.3, 0.4) is 0 Å². The molecule has 0 aliphatic carbocycles. The van der Waals surface area contributed by atoms with Gasteiger partial charge in [0.15, 0.2) is 0 Å². The van der Waals surface area contributed by atoms with Crippen molar-refractivity contribution in [2.45, 2.75) is 25.0 Å². The lowest BCUT2D eigenvalue weighted by molar-refractivity contribution is -0.146. The van der Waals surface area contributed by atoms with Crippen LogP contribution < -0.4 is 4.90 Å². The number of hydrogen-bond donors (Lipinski definition) is 1. The molecule has 22 heavy (non-hydrogen) atoms. The van der Waals surface area contributed by atoms with Crippen LogP contribution in [-0.2, 0) is 20.7 Å². The Labute approximate surface area is 128 Å². The van der Waals surface area contributed by atoms with Gasteiger partial charge >= 0.3 is 5.97 Å². The average molecular weight is 299 g/mol. The summed E-state index contributed by atoms with van der Waals surface area (Å²) < 4.78 is 5.90. The summed E-state index contributed by atoms with van der Waals surface area (Å²) in [4.78, 5) is 26.2. The number of nitrogens with zero attached hydrogens (tertiary/aromatic N) is 1. The monoisotopic (exact) mass is 299 g/mol. The highest BCUT2D eigenvalue weighted by Gasteiger charge is 2.67. The Morgan fingerprint density at radius 2 is 2.23 bits per heavy atom. The van der Waals surface area contributed by atoms with E-state index in [1.807, 2.05) is 37.3 Å². The molecule has 3 heterocycles. The molecule has 1 aromatic rings. The second-order valence-electron chi connectivity index (χ2n) is 6.14. The van der Waals surface area contributed by atoms with E-state index in [0.717, 1.165) is 17.7 Å². The highest BCUT2D eigenvalue weighted by atomic mass is 16.5. The molecule has 0 radical (unpaired) electrons. The van der Waals surface area contributed by atoms with E-state index >= 15 is 0 Å². The van der Waals surface area contributed by atoms with Crippen LogP contribution in [0.25, 0.3) is 0 Å². The van der Waals surface area contributed by atoms with Crippen molar-refractivity contribution in [3.8, 4) is 0 Å². The van der Waals surface area contributed by atoms with Crippen LogP contribution in [-0.4, -0.2) is 35.2 Å². The second-order valence-corrected chi connectivity index (χ2v) is 6.14. The van der Waals surface area contributed by atoms with Gasteiger partial charge in [-0.2, -0.15) is 0 Å². The standard InChI is InChI=1S/C17H17NO4/c1-2-10-5-3-4-6-11(10)18-9-17-8-7-12(22-17)13(16(20)21)14(17)15(18)19/h3-8,12-14H,2,9H2,1H3,(H,20,21)/t12-,13?,14-,17?/m1/s1. The number of carbonyl (C=O) groups excluding carboxylic acids is 1. The highest BCUT2D eigenvalue weighted by Crippen LogP contribution is 2.52. The molecule has 5 nitrogen and oxygen atoms in total. The minimum Gasteiger partial charge on any atom is -0.481 e. The van der Waals surface area contributed by atoms with Crippen LogP contribution in [0.2, 0.25) is 0 Å². The van der Waals surface area contributed by atoms with Gasteiger partial charge in [0.05, 0.1) is 18.6 Å². The molecule has 3 aliphatic rings. The normalized spacial score (nSPS) is 35.2. The summed E-state index contributed by atoms with van der Waals surface area (Å²) in [5, 5.41) is 9.47. The van der Waals surface area contributed by atoms with Gasteiger partial charge in [-0.25, -0.2) is 0 Å². The Morgan fingerprint density at radius 3 is 2.95 bits per heavy atom. The van der Waals surface area contributed by atoms with E-state index in [0.29, 0.717) is 6.54 Å². The van der Waals surface area contributed by atoms with Crippen LogP contribution in [0, 0.1) is 11.8 Å². The van der Waals surface area contributed by atoms with Gasteiger partial charge in [0.1, 0.15) is 11.5 Å². The summed E-state index contributed by atoms with van der Waals surface area (Å²) in [6.45, 7) is 2.44. The van der Waals surface area contributed by atoms with Crippen molar-refractivity contribution in [3.05, 3.63) is 42.0 Å². The van der Waals surface area contributed by atoms with Gasteiger partial charge < -0.3 is 14.7 Å². The number of carboxylic acid groups (broad SMARTS) is 1. The number of para-hydroxylation sites is 1. The molecule has 2 saturated heterocycles. The molecule has 1 N–H and O–H groups in total. The maximum absolute atomic E-state index is 12.9. The summed E-state index contributed by atoms with van der Waals surface area (Å²) in [6.07, 6.45) is 4.01. The fraction of sp³-hybridized carbons (Fsp3) is 0.412. The predicted molar refractivity (Wildman–Crippen MR) is 79.5 cm³/mol. The number of anilines is 1. The molecule has 0 aromatic heterocycles. The number of ether oxygens (including phenoxy) is 1. The fourth-order valence-electron chi connectivity index (χ4n) is 4.06. The SMILES string of the molecule is CCc1ccccc1N1CC23C=C[C@@H](O2)C(C(=O)O)[C@@H]3C1=O. The zero-order valence-electron chi connectivity index (χ0n) is 12.2. The number of hydrogen-bond acceptors (Lipinski definition) is 3. The number of fused-ring (bicyclic) bond motifs is 1. The number of carboxylic acids is 1. The van der Waals surface area contributed by atoms with Gasteiger partial charge in [0, 0.05) is 5.69 Å². The van der Waals surface area contributed by atoms with E-state index in [1.165, 1.54) is 0 Å². The average Bonchev–Trinajstić information content (AvgIpc) is 3.15. The molecular formula is C17H17NO4. The largest absolute Gasteiger partial charge is 0.481 e. The van der Waals surface area contributed by atoms with E-state index in [1.54, 1.807) is 11.0 Å². The highest BCUT2D eigenvalue weighted by molar-refractivity contribution is 6.03. The first kappa shape index (κ1) is 13.5. The van der Waals surface area contributed by atoms with Gasteiger partial charge in [-0.05, 0) is 18.1 Å². The van der Waals surface area contributed by atoms with E-state index < -0.39 is 29.5 Å².